The van der Waals surface area contributed by atoms with Crippen molar-refractivity contribution in [1.29, 1.82) is 0 Å². The smallest absolute Gasteiger partial charge is 0.407 e. The molecule has 1 amide bonds. The zero-order chi connectivity index (χ0) is 21.0. The average Bonchev–Trinajstić information content (AvgIpc) is 3.18. The normalized spacial score (nSPS) is 11.1. The summed E-state index contributed by atoms with van der Waals surface area (Å²) in [7, 11) is -1.26. The van der Waals surface area contributed by atoms with E-state index in [0.717, 1.165) is 3.97 Å². The highest BCUT2D eigenvalue weighted by molar-refractivity contribution is 7.90. The van der Waals surface area contributed by atoms with Crippen molar-refractivity contribution in [1.82, 2.24) is 14.3 Å². The first kappa shape index (κ1) is 20.3. The number of nitrogens with zero attached hydrogens (tertiary/aromatic N) is 2. The summed E-state index contributed by atoms with van der Waals surface area (Å²) in [5, 5.41) is 2.30. The van der Waals surface area contributed by atoms with Crippen LogP contribution in [-0.4, -0.2) is 37.6 Å². The highest BCUT2D eigenvalue weighted by Gasteiger charge is 2.24. The van der Waals surface area contributed by atoms with Gasteiger partial charge in [-0.1, -0.05) is 0 Å². The summed E-state index contributed by atoms with van der Waals surface area (Å²) < 4.78 is 51.9. The maximum absolute atomic E-state index is 14.6. The summed E-state index contributed by atoms with van der Waals surface area (Å²) >= 11 is 0. The fourth-order valence-electron chi connectivity index (χ4n) is 2.63. The predicted molar refractivity (Wildman–Crippen MR) is 102 cm³/mol. The number of methoxy groups -OCH3 is 1. The van der Waals surface area contributed by atoms with Crippen LogP contribution in [0, 0.1) is 5.82 Å². The van der Waals surface area contributed by atoms with Crippen molar-refractivity contribution in [3.05, 3.63) is 66.4 Å². The molecule has 29 heavy (non-hydrogen) atoms. The number of ether oxygens (including phenoxy) is 2. The zero-order valence-corrected chi connectivity index (χ0v) is 16.4. The second kappa shape index (κ2) is 8.31. The molecule has 2 heterocycles. The summed E-state index contributed by atoms with van der Waals surface area (Å²) in [6, 6.07) is 8.31. The van der Waals surface area contributed by atoms with Gasteiger partial charge in [0.25, 0.3) is 10.0 Å². The summed E-state index contributed by atoms with van der Waals surface area (Å²) in [6.45, 7) is -0.201. The van der Waals surface area contributed by atoms with E-state index in [1.165, 1.54) is 69.1 Å². The number of hydrogen-bond acceptors (Lipinski definition) is 6. The molecule has 3 aromatic rings. The molecule has 0 saturated heterocycles. The van der Waals surface area contributed by atoms with E-state index in [1.54, 1.807) is 0 Å². The Morgan fingerprint density at radius 1 is 1.28 bits per heavy atom. The Balaban J connectivity index is 2.16. The Hall–Kier alpha value is -3.40. The minimum atomic E-state index is -4.09. The molecule has 0 radical (unpaired) electrons. The molecule has 0 bridgehead atoms. The third-order valence-corrected chi connectivity index (χ3v) is 5.71. The van der Waals surface area contributed by atoms with Gasteiger partial charge in [0.05, 0.1) is 12.8 Å². The van der Waals surface area contributed by atoms with E-state index in [2.05, 4.69) is 10.3 Å². The van der Waals surface area contributed by atoms with Crippen molar-refractivity contribution in [3.63, 3.8) is 0 Å². The first-order valence-electron chi connectivity index (χ1n) is 8.42. The van der Waals surface area contributed by atoms with E-state index in [-0.39, 0.29) is 22.8 Å². The summed E-state index contributed by atoms with van der Waals surface area (Å²) in [5.74, 6) is -0.276. The van der Waals surface area contributed by atoms with Gasteiger partial charge in [0.2, 0.25) is 0 Å². The van der Waals surface area contributed by atoms with Gasteiger partial charge in [0.15, 0.2) is 0 Å². The average molecular weight is 419 g/mol. The van der Waals surface area contributed by atoms with Gasteiger partial charge < -0.3 is 14.8 Å². The number of alkyl carbamates (subject to hydrolysis) is 1. The van der Waals surface area contributed by atoms with Gasteiger partial charge >= 0.3 is 6.09 Å². The molecule has 2 aromatic heterocycles. The SMILES string of the molecule is CNC(=O)OCc1cc(-c2cc(OC)ccc2F)n(S(=O)(=O)c2cccnc2)c1. The molecule has 3 rings (SSSR count). The Bertz CT molecular complexity index is 1130. The highest BCUT2D eigenvalue weighted by atomic mass is 32.2. The third-order valence-electron chi connectivity index (χ3n) is 4.06. The number of rotatable bonds is 6. The lowest BCUT2D eigenvalue weighted by Gasteiger charge is -2.12. The van der Waals surface area contributed by atoms with E-state index in [4.69, 9.17) is 9.47 Å². The minimum Gasteiger partial charge on any atom is -0.497 e. The number of pyridine rings is 1. The van der Waals surface area contributed by atoms with Crippen molar-refractivity contribution in [2.24, 2.45) is 0 Å². The fraction of sp³-hybridized carbons (Fsp3) is 0.158. The van der Waals surface area contributed by atoms with Gasteiger partial charge in [-0.05, 0) is 36.4 Å². The zero-order valence-electron chi connectivity index (χ0n) is 15.6. The highest BCUT2D eigenvalue weighted by Crippen LogP contribution is 2.31. The molecular weight excluding hydrogens is 401 g/mol. The van der Waals surface area contributed by atoms with Gasteiger partial charge in [-0.15, -0.1) is 0 Å². The quantitative estimate of drug-likeness (QED) is 0.660. The molecule has 10 heteroatoms. The number of hydrogen-bond donors (Lipinski definition) is 1. The van der Waals surface area contributed by atoms with Crippen LogP contribution in [-0.2, 0) is 21.4 Å². The summed E-state index contributed by atoms with van der Waals surface area (Å²) in [5.41, 5.74) is 0.432. The summed E-state index contributed by atoms with van der Waals surface area (Å²) in [6.07, 6.45) is 3.24. The molecule has 8 nitrogen and oxygen atoms in total. The lowest BCUT2D eigenvalue weighted by atomic mass is 10.1. The number of benzene rings is 1. The number of carbonyl (C=O) groups excluding carboxylic acids is 1. The van der Waals surface area contributed by atoms with Crippen LogP contribution in [0.15, 0.2) is 59.9 Å². The number of nitrogens with one attached hydrogen (secondary N) is 1. The van der Waals surface area contributed by atoms with Crippen LogP contribution >= 0.6 is 0 Å². The maximum atomic E-state index is 14.6. The van der Waals surface area contributed by atoms with Crippen molar-refractivity contribution in [2.75, 3.05) is 14.2 Å². The lowest BCUT2D eigenvalue weighted by Crippen LogP contribution is -2.18. The molecule has 0 fully saturated rings. The van der Waals surface area contributed by atoms with Gasteiger partial charge in [0, 0.05) is 36.8 Å². The Labute approximate surface area is 167 Å². The molecule has 0 aliphatic heterocycles. The van der Waals surface area contributed by atoms with Crippen molar-refractivity contribution in [2.45, 2.75) is 11.5 Å². The Kier molecular flexibility index (Phi) is 5.83. The molecule has 0 atom stereocenters. The van der Waals surface area contributed by atoms with Crippen LogP contribution in [0.5, 0.6) is 5.75 Å². The van der Waals surface area contributed by atoms with Crippen molar-refractivity contribution >= 4 is 16.1 Å². The van der Waals surface area contributed by atoms with E-state index in [0.29, 0.717) is 11.3 Å². The van der Waals surface area contributed by atoms with Gasteiger partial charge in [-0.3, -0.25) is 4.98 Å². The monoisotopic (exact) mass is 419 g/mol. The van der Waals surface area contributed by atoms with Crippen molar-refractivity contribution < 1.29 is 27.1 Å². The predicted octanol–water partition coefficient (Wildman–Crippen LogP) is 2.79. The molecule has 1 aromatic carbocycles. The molecule has 0 aliphatic rings. The molecule has 0 aliphatic carbocycles. The van der Waals surface area contributed by atoms with Crippen LogP contribution in [0.1, 0.15) is 5.56 Å². The minimum absolute atomic E-state index is 0.0167. The lowest BCUT2D eigenvalue weighted by molar-refractivity contribution is 0.142. The molecular formula is C19H18FN3O5S. The largest absolute Gasteiger partial charge is 0.497 e. The van der Waals surface area contributed by atoms with Crippen LogP contribution in [0.3, 0.4) is 0 Å². The second-order valence-electron chi connectivity index (χ2n) is 5.90. The van der Waals surface area contributed by atoms with E-state index >= 15 is 0 Å². The first-order valence-corrected chi connectivity index (χ1v) is 9.86. The van der Waals surface area contributed by atoms with E-state index in [9.17, 15) is 17.6 Å². The molecule has 1 N–H and O–H groups in total. The standard InChI is InChI=1S/C19H18FN3O5S/c1-21-19(24)28-12-13-8-18(16-9-14(27-2)5-6-17(16)20)23(11-13)29(25,26)15-4-3-7-22-10-15/h3-11H,12H2,1-2H3,(H,21,24). The number of aromatic nitrogens is 2. The van der Waals surface area contributed by atoms with Gasteiger partial charge in [-0.2, -0.15) is 0 Å². The van der Waals surface area contributed by atoms with Gasteiger partial charge in [0.1, 0.15) is 23.1 Å². The molecule has 0 spiro atoms. The first-order chi connectivity index (χ1) is 13.9. The van der Waals surface area contributed by atoms with Crippen LogP contribution < -0.4 is 10.1 Å². The number of halogens is 1. The van der Waals surface area contributed by atoms with Crippen LogP contribution in [0.25, 0.3) is 11.3 Å². The number of amides is 1. The van der Waals surface area contributed by atoms with Crippen molar-refractivity contribution in [3.8, 4) is 17.0 Å². The molecule has 0 saturated carbocycles. The summed E-state index contributed by atoms with van der Waals surface area (Å²) in [4.78, 5) is 15.1. The molecule has 0 unspecified atom stereocenters. The fourth-order valence-corrected chi connectivity index (χ4v) is 3.99. The van der Waals surface area contributed by atoms with Crippen LogP contribution in [0.2, 0.25) is 0 Å². The van der Waals surface area contributed by atoms with E-state index < -0.39 is 21.9 Å². The van der Waals surface area contributed by atoms with Crippen LogP contribution in [0.4, 0.5) is 9.18 Å². The third kappa shape index (κ3) is 4.21. The maximum Gasteiger partial charge on any atom is 0.407 e. The Morgan fingerprint density at radius 2 is 2.07 bits per heavy atom. The number of carbonyl (C=O) groups is 1. The Morgan fingerprint density at radius 3 is 2.72 bits per heavy atom. The van der Waals surface area contributed by atoms with Gasteiger partial charge in [-0.25, -0.2) is 21.6 Å². The van der Waals surface area contributed by atoms with E-state index in [1.807, 2.05) is 0 Å². The molecule has 152 valence electrons. The second-order valence-corrected chi connectivity index (χ2v) is 7.71. The topological polar surface area (TPSA) is 99.5 Å².